The lowest BCUT2D eigenvalue weighted by Crippen LogP contribution is -2.13. The van der Waals surface area contributed by atoms with Crippen molar-refractivity contribution in [1.82, 2.24) is 20.1 Å². The minimum Gasteiger partial charge on any atom is -0.489 e. The van der Waals surface area contributed by atoms with Gasteiger partial charge in [-0.1, -0.05) is 56.7 Å². The molecule has 0 radical (unpaired) electrons. The van der Waals surface area contributed by atoms with Gasteiger partial charge >= 0.3 is 0 Å². The number of amidine groups is 1. The molecule has 0 aliphatic rings. The topological polar surface area (TPSA) is 159 Å². The highest BCUT2D eigenvalue weighted by atomic mass is 35.5. The number of rotatable bonds is 8. The molecule has 3 N–H and O–H groups in total. The Hall–Kier alpha value is -4.13. The van der Waals surface area contributed by atoms with Crippen LogP contribution in [0.5, 0.6) is 11.5 Å². The summed E-state index contributed by atoms with van der Waals surface area (Å²) >= 11 is 29.0. The van der Waals surface area contributed by atoms with Gasteiger partial charge in [0, 0.05) is 35.9 Å². The van der Waals surface area contributed by atoms with Gasteiger partial charge in [-0.15, -0.1) is 0 Å². The van der Waals surface area contributed by atoms with Gasteiger partial charge in [-0.05, 0) is 87.8 Å². The van der Waals surface area contributed by atoms with Crippen molar-refractivity contribution in [1.29, 1.82) is 0 Å². The Kier molecular flexibility index (Phi) is 14.7. The van der Waals surface area contributed by atoms with E-state index in [9.17, 15) is 4.79 Å². The molecule has 0 spiro atoms. The summed E-state index contributed by atoms with van der Waals surface area (Å²) in [6.07, 6.45) is 6.06. The fourth-order valence-corrected chi connectivity index (χ4v) is 4.66. The summed E-state index contributed by atoms with van der Waals surface area (Å²) in [4.78, 5) is 22.5. The van der Waals surface area contributed by atoms with Crippen LogP contribution in [0.15, 0.2) is 83.0 Å². The molecule has 5 rings (SSSR count). The Balaban J connectivity index is 0.000000215. The molecule has 3 heterocycles. The van der Waals surface area contributed by atoms with Crippen molar-refractivity contribution < 1.29 is 24.0 Å². The first-order valence-corrected chi connectivity index (χ1v) is 15.8. The molecule has 0 aliphatic heterocycles. The molecule has 0 atom stereocenters. The molecular weight excluding hydrogens is 726 g/mol. The number of nitrogens with two attached hydrogens (primary N) is 1. The highest BCUT2D eigenvalue weighted by molar-refractivity contribution is 6.68. The fraction of sp³-hybridized carbons (Fsp3) is 0.188. The van der Waals surface area contributed by atoms with Crippen LogP contribution in [-0.2, 0) is 0 Å². The van der Waals surface area contributed by atoms with E-state index < -0.39 is 5.24 Å². The van der Waals surface area contributed by atoms with Gasteiger partial charge in [-0.25, -0.2) is 0 Å². The SMILES string of the molecule is CC(C)Oc1ccc(-c2noc(-c3ccncc3Cl)n2)cc1Cl.CC(C)Oc1ccc(/C(N)=N/O)cc1Cl.O=C(Cl)c1ccncc1Cl. The molecule has 2 aromatic carbocycles. The smallest absolute Gasteiger partial charge is 0.259 e. The zero-order valence-electron chi connectivity index (χ0n) is 25.9. The number of nitrogens with zero attached hydrogens (tertiary/aromatic N) is 5. The summed E-state index contributed by atoms with van der Waals surface area (Å²) in [5.41, 5.74) is 7.62. The van der Waals surface area contributed by atoms with Crippen molar-refractivity contribution in [3.8, 4) is 34.3 Å². The van der Waals surface area contributed by atoms with Gasteiger partial charge in [0.25, 0.3) is 11.1 Å². The van der Waals surface area contributed by atoms with Crippen LogP contribution in [0.4, 0.5) is 0 Å². The Morgan fingerprint density at radius 1 is 0.833 bits per heavy atom. The van der Waals surface area contributed by atoms with E-state index in [1.807, 2.05) is 33.8 Å². The number of benzene rings is 2. The minimum absolute atomic E-state index is 0.0213. The number of halogens is 5. The van der Waals surface area contributed by atoms with Crippen LogP contribution < -0.4 is 15.2 Å². The highest BCUT2D eigenvalue weighted by Crippen LogP contribution is 2.32. The van der Waals surface area contributed by atoms with Crippen LogP contribution in [0, 0.1) is 0 Å². The van der Waals surface area contributed by atoms with Crippen LogP contribution in [0.3, 0.4) is 0 Å². The summed E-state index contributed by atoms with van der Waals surface area (Å²) in [7, 11) is 0. The van der Waals surface area contributed by atoms with E-state index in [1.54, 1.807) is 42.6 Å². The largest absolute Gasteiger partial charge is 0.489 e. The summed E-state index contributed by atoms with van der Waals surface area (Å²) in [6.45, 7) is 7.70. The van der Waals surface area contributed by atoms with E-state index in [0.717, 1.165) is 5.56 Å². The van der Waals surface area contributed by atoms with Crippen molar-refractivity contribution in [2.45, 2.75) is 39.9 Å². The van der Waals surface area contributed by atoms with Crippen LogP contribution in [-0.4, -0.2) is 48.6 Å². The first kappa shape index (κ1) is 38.3. The third-order valence-electron chi connectivity index (χ3n) is 5.66. The first-order valence-electron chi connectivity index (χ1n) is 13.9. The van der Waals surface area contributed by atoms with E-state index in [1.165, 1.54) is 24.7 Å². The summed E-state index contributed by atoms with van der Waals surface area (Å²) < 4.78 is 16.3. The number of carbonyl (C=O) groups is 1. The third-order valence-corrected chi connectivity index (χ3v) is 7.06. The maximum absolute atomic E-state index is 10.5. The Morgan fingerprint density at radius 2 is 1.42 bits per heavy atom. The van der Waals surface area contributed by atoms with Gasteiger partial charge in [0.15, 0.2) is 5.84 Å². The molecular formula is C32H29Cl5N6O5. The van der Waals surface area contributed by atoms with Crippen molar-refractivity contribution in [3.63, 3.8) is 0 Å². The van der Waals surface area contributed by atoms with Gasteiger partial charge in [0.05, 0.1) is 43.4 Å². The van der Waals surface area contributed by atoms with E-state index in [-0.39, 0.29) is 23.1 Å². The van der Waals surface area contributed by atoms with Crippen molar-refractivity contribution in [2.24, 2.45) is 10.9 Å². The molecule has 0 saturated carbocycles. The predicted molar refractivity (Wildman–Crippen MR) is 188 cm³/mol. The van der Waals surface area contributed by atoms with Crippen LogP contribution in [0.25, 0.3) is 22.8 Å². The highest BCUT2D eigenvalue weighted by Gasteiger charge is 2.15. The van der Waals surface area contributed by atoms with E-state index in [4.69, 9.17) is 82.9 Å². The second-order valence-corrected chi connectivity index (χ2v) is 12.0. The molecule has 0 amide bonds. The normalized spacial score (nSPS) is 10.9. The van der Waals surface area contributed by atoms with Crippen LogP contribution in [0.2, 0.25) is 20.1 Å². The zero-order chi connectivity index (χ0) is 35.4. The summed E-state index contributed by atoms with van der Waals surface area (Å²) in [5, 5.41) is 16.4. The third kappa shape index (κ3) is 11.2. The van der Waals surface area contributed by atoms with Crippen molar-refractivity contribution >= 4 is 69.1 Å². The molecule has 16 heteroatoms. The van der Waals surface area contributed by atoms with E-state index in [2.05, 4.69) is 25.3 Å². The summed E-state index contributed by atoms with van der Waals surface area (Å²) in [6, 6.07) is 13.5. The Bertz CT molecular complexity index is 1870. The fourth-order valence-electron chi connectivity index (χ4n) is 3.59. The van der Waals surface area contributed by atoms with Gasteiger partial charge in [0.2, 0.25) is 5.82 Å². The molecule has 3 aromatic heterocycles. The number of oxime groups is 1. The molecule has 252 valence electrons. The predicted octanol–water partition coefficient (Wildman–Crippen LogP) is 9.23. The average molecular weight is 755 g/mol. The van der Waals surface area contributed by atoms with Gasteiger partial charge < -0.3 is 24.9 Å². The Labute approximate surface area is 301 Å². The number of hydrogen-bond acceptors (Lipinski definition) is 10. The molecule has 5 aromatic rings. The van der Waals surface area contributed by atoms with E-state index in [0.29, 0.717) is 55.0 Å². The maximum Gasteiger partial charge on any atom is 0.259 e. The number of hydrogen-bond donors (Lipinski definition) is 2. The lowest BCUT2D eigenvalue weighted by molar-refractivity contribution is 0.108. The van der Waals surface area contributed by atoms with Crippen LogP contribution >= 0.6 is 58.0 Å². The second-order valence-electron chi connectivity index (χ2n) is 10.0. The molecule has 0 bridgehead atoms. The maximum atomic E-state index is 10.5. The second kappa shape index (κ2) is 18.4. The number of carbonyl (C=O) groups excluding carboxylic acids is 1. The van der Waals surface area contributed by atoms with E-state index >= 15 is 0 Å². The number of ether oxygens (including phenoxy) is 2. The molecule has 0 aliphatic carbocycles. The van der Waals surface area contributed by atoms with Gasteiger partial charge in [-0.3, -0.25) is 14.8 Å². The number of pyridine rings is 2. The van der Waals surface area contributed by atoms with Gasteiger partial charge in [0.1, 0.15) is 11.5 Å². The minimum atomic E-state index is -0.563. The zero-order valence-corrected chi connectivity index (χ0v) is 29.6. The standard InChI is InChI=1S/C16H13Cl2N3O2.C10H13ClN2O2.C6H3Cl2NO/c1-9(2)22-14-4-3-10(7-12(14)17)15-20-16(23-21-15)11-5-6-19-8-13(11)18;1-6(2)15-9-4-3-7(5-8(9)11)10(12)13-14;7-5-3-9-2-1-4(5)6(8)10/h3-9H,1-2H3;3-6,14H,1-2H3,(H2,12,13);1-3H. The van der Waals surface area contributed by atoms with Crippen molar-refractivity contribution in [2.75, 3.05) is 0 Å². The van der Waals surface area contributed by atoms with Crippen LogP contribution in [0.1, 0.15) is 43.6 Å². The molecule has 0 fully saturated rings. The average Bonchev–Trinajstić information content (AvgIpc) is 3.53. The number of aromatic nitrogens is 4. The lowest BCUT2D eigenvalue weighted by atomic mass is 10.2. The Morgan fingerprint density at radius 3 is 1.92 bits per heavy atom. The summed E-state index contributed by atoms with van der Waals surface area (Å²) in [5.74, 6) is 1.97. The first-order chi connectivity index (χ1) is 22.8. The van der Waals surface area contributed by atoms with Gasteiger partial charge in [-0.2, -0.15) is 4.98 Å². The van der Waals surface area contributed by atoms with Crippen molar-refractivity contribution in [3.05, 3.63) is 105 Å². The molecule has 11 nitrogen and oxygen atoms in total. The molecule has 48 heavy (non-hydrogen) atoms. The molecule has 0 unspecified atom stereocenters. The lowest BCUT2D eigenvalue weighted by Gasteiger charge is -2.11. The quantitative estimate of drug-likeness (QED) is 0.0514. The monoisotopic (exact) mass is 752 g/mol. The molecule has 0 saturated heterocycles.